The lowest BCUT2D eigenvalue weighted by molar-refractivity contribution is 0.570. The first-order valence-corrected chi connectivity index (χ1v) is 8.78. The van der Waals surface area contributed by atoms with Gasteiger partial charge >= 0.3 is 0 Å². The molecular weight excluding hydrogens is 290 g/mol. The van der Waals surface area contributed by atoms with Gasteiger partial charge in [0.05, 0.1) is 10.6 Å². The van der Waals surface area contributed by atoms with Crippen molar-refractivity contribution in [2.45, 2.75) is 29.7 Å². The van der Waals surface area contributed by atoms with Crippen LogP contribution in [-0.4, -0.2) is 29.1 Å². The van der Waals surface area contributed by atoms with Gasteiger partial charge in [-0.25, -0.2) is 21.6 Å². The highest BCUT2D eigenvalue weighted by Gasteiger charge is 2.22. The maximum atomic E-state index is 12.1. The highest BCUT2D eigenvalue weighted by Crippen LogP contribution is 2.24. The molecule has 0 fully saturated rings. The van der Waals surface area contributed by atoms with Crippen LogP contribution in [0.2, 0.25) is 0 Å². The van der Waals surface area contributed by atoms with E-state index in [1.54, 1.807) is 13.8 Å². The lowest BCUT2D eigenvalue weighted by Crippen LogP contribution is -2.31. The number of benzene rings is 1. The minimum Gasteiger partial charge on any atom is -0.323 e. The number of sulfone groups is 1. The molecule has 0 saturated carbocycles. The summed E-state index contributed by atoms with van der Waals surface area (Å²) in [6.07, 6.45) is 1.00. The second-order valence-corrected chi connectivity index (χ2v) is 8.05. The van der Waals surface area contributed by atoms with E-state index >= 15 is 0 Å². The summed E-state index contributed by atoms with van der Waals surface area (Å²) in [7, 11) is -7.34. The zero-order valence-electron chi connectivity index (χ0n) is 10.8. The van der Waals surface area contributed by atoms with E-state index in [2.05, 4.69) is 10.1 Å². The van der Waals surface area contributed by atoms with E-state index in [-0.39, 0.29) is 21.5 Å². The fourth-order valence-corrected chi connectivity index (χ4v) is 3.62. The van der Waals surface area contributed by atoms with Crippen LogP contribution in [0.5, 0.6) is 0 Å². The molecule has 0 radical (unpaired) electrons. The van der Waals surface area contributed by atoms with Gasteiger partial charge in [-0.3, -0.25) is 5.84 Å². The number of hydrazine groups is 1. The van der Waals surface area contributed by atoms with Gasteiger partial charge in [-0.2, -0.15) is 0 Å². The highest BCUT2D eigenvalue weighted by molar-refractivity contribution is 7.91. The van der Waals surface area contributed by atoms with Crippen LogP contribution >= 0.6 is 0 Å². The first-order chi connectivity index (χ1) is 8.58. The Morgan fingerprint density at radius 1 is 1.16 bits per heavy atom. The number of nitrogens with one attached hydrogen (secondary N) is 2. The van der Waals surface area contributed by atoms with E-state index in [4.69, 9.17) is 5.84 Å². The molecule has 0 atom stereocenters. The molecule has 19 heavy (non-hydrogen) atoms. The molecule has 0 unspecified atom stereocenters. The van der Waals surface area contributed by atoms with Crippen LogP contribution in [0.25, 0.3) is 0 Å². The quantitative estimate of drug-likeness (QED) is 0.523. The summed E-state index contributed by atoms with van der Waals surface area (Å²) in [5, 5.41) is 0. The standard InChI is InChI=1S/C10H17N3O4S2/c1-7(2)13-19(16,17)10-6-8(18(3,14)15)4-5-9(10)12-11/h4-7,12-13H,11H2,1-3H3. The van der Waals surface area contributed by atoms with Gasteiger partial charge < -0.3 is 5.43 Å². The number of nitrogen functional groups attached to an aromatic ring is 1. The monoisotopic (exact) mass is 307 g/mol. The van der Waals surface area contributed by atoms with Crippen LogP contribution in [0.3, 0.4) is 0 Å². The van der Waals surface area contributed by atoms with Gasteiger partial charge in [0.15, 0.2) is 9.84 Å². The van der Waals surface area contributed by atoms with Crippen LogP contribution in [0.15, 0.2) is 28.0 Å². The van der Waals surface area contributed by atoms with Gasteiger partial charge in [0, 0.05) is 12.3 Å². The second kappa shape index (κ2) is 5.45. The van der Waals surface area contributed by atoms with Crippen molar-refractivity contribution in [1.82, 2.24) is 4.72 Å². The Morgan fingerprint density at radius 2 is 1.74 bits per heavy atom. The summed E-state index contributed by atoms with van der Waals surface area (Å²) in [4.78, 5) is -0.290. The first kappa shape index (κ1) is 15.9. The van der Waals surface area contributed by atoms with Gasteiger partial charge in [0.1, 0.15) is 4.90 Å². The molecule has 0 bridgehead atoms. The Kier molecular flexibility index (Phi) is 4.56. The van der Waals surface area contributed by atoms with Crippen molar-refractivity contribution in [3.05, 3.63) is 18.2 Å². The summed E-state index contributed by atoms with van der Waals surface area (Å²) < 4.78 is 49.5. The Bertz CT molecular complexity index is 666. The molecule has 0 aliphatic heterocycles. The molecule has 7 nitrogen and oxygen atoms in total. The Labute approximate surface area is 113 Å². The van der Waals surface area contributed by atoms with Gasteiger partial charge in [-0.05, 0) is 32.0 Å². The molecule has 9 heteroatoms. The van der Waals surface area contributed by atoms with Crippen LogP contribution in [0, 0.1) is 0 Å². The number of nitrogens with two attached hydrogens (primary N) is 1. The first-order valence-electron chi connectivity index (χ1n) is 5.41. The van der Waals surface area contributed by atoms with Crippen molar-refractivity contribution >= 4 is 25.5 Å². The van der Waals surface area contributed by atoms with Gasteiger partial charge in [0.2, 0.25) is 10.0 Å². The lowest BCUT2D eigenvalue weighted by Gasteiger charge is -2.14. The smallest absolute Gasteiger partial charge is 0.242 e. The predicted octanol–water partition coefficient (Wildman–Crippen LogP) is 0.0624. The predicted molar refractivity (Wildman–Crippen MR) is 72.8 cm³/mol. The third kappa shape index (κ3) is 3.90. The molecular formula is C10H17N3O4S2. The van der Waals surface area contributed by atoms with Crippen molar-refractivity contribution in [2.75, 3.05) is 11.7 Å². The van der Waals surface area contributed by atoms with E-state index in [0.717, 1.165) is 12.3 Å². The summed E-state index contributed by atoms with van der Waals surface area (Å²) in [5.74, 6) is 5.25. The number of anilines is 1. The van der Waals surface area contributed by atoms with E-state index in [1.807, 2.05) is 0 Å². The third-order valence-electron chi connectivity index (χ3n) is 2.22. The molecule has 0 spiro atoms. The number of hydrogen-bond acceptors (Lipinski definition) is 6. The van der Waals surface area contributed by atoms with Crippen molar-refractivity contribution in [1.29, 1.82) is 0 Å². The molecule has 0 aliphatic rings. The molecule has 0 aromatic heterocycles. The van der Waals surface area contributed by atoms with Crippen LogP contribution < -0.4 is 16.0 Å². The zero-order valence-corrected chi connectivity index (χ0v) is 12.5. The zero-order chi connectivity index (χ0) is 14.8. The van der Waals surface area contributed by atoms with Gasteiger partial charge in [0.25, 0.3) is 0 Å². The fraction of sp³-hybridized carbons (Fsp3) is 0.400. The maximum absolute atomic E-state index is 12.1. The van der Waals surface area contributed by atoms with Crippen LogP contribution in [0.1, 0.15) is 13.8 Å². The Hall–Kier alpha value is -1.16. The molecule has 1 aromatic carbocycles. The second-order valence-electron chi connectivity index (χ2n) is 4.35. The van der Waals surface area contributed by atoms with Crippen molar-refractivity contribution in [2.24, 2.45) is 5.84 Å². The third-order valence-corrected chi connectivity index (χ3v) is 5.03. The normalized spacial score (nSPS) is 12.7. The fourth-order valence-electron chi connectivity index (χ4n) is 1.45. The van der Waals surface area contributed by atoms with Crippen LogP contribution in [0.4, 0.5) is 5.69 Å². The minimum atomic E-state index is -3.84. The molecule has 0 heterocycles. The molecule has 1 aromatic rings. The molecule has 0 amide bonds. The number of hydrogen-bond donors (Lipinski definition) is 3. The molecule has 4 N–H and O–H groups in total. The average molecular weight is 307 g/mol. The van der Waals surface area contributed by atoms with Crippen molar-refractivity contribution in [3.8, 4) is 0 Å². The molecule has 1 rings (SSSR count). The largest absolute Gasteiger partial charge is 0.323 e. The summed E-state index contributed by atoms with van der Waals surface area (Å²) in [5.41, 5.74) is 2.37. The molecule has 108 valence electrons. The Morgan fingerprint density at radius 3 is 2.16 bits per heavy atom. The van der Waals surface area contributed by atoms with E-state index in [9.17, 15) is 16.8 Å². The van der Waals surface area contributed by atoms with E-state index in [0.29, 0.717) is 0 Å². The summed E-state index contributed by atoms with van der Waals surface area (Å²) in [6, 6.07) is 3.36. The Balaban J connectivity index is 3.48. The van der Waals surface area contributed by atoms with Crippen molar-refractivity contribution < 1.29 is 16.8 Å². The van der Waals surface area contributed by atoms with Crippen LogP contribution in [-0.2, 0) is 19.9 Å². The molecule has 0 aliphatic carbocycles. The SMILES string of the molecule is CC(C)NS(=O)(=O)c1cc(S(C)(=O)=O)ccc1NN. The minimum absolute atomic E-state index is 0.0874. The average Bonchev–Trinajstić information content (AvgIpc) is 2.25. The summed E-state index contributed by atoms with van der Waals surface area (Å²) in [6.45, 7) is 3.32. The number of sulfonamides is 1. The van der Waals surface area contributed by atoms with E-state index in [1.165, 1.54) is 12.1 Å². The topological polar surface area (TPSA) is 118 Å². The van der Waals surface area contributed by atoms with Gasteiger partial charge in [-0.15, -0.1) is 0 Å². The van der Waals surface area contributed by atoms with E-state index < -0.39 is 19.9 Å². The lowest BCUT2D eigenvalue weighted by atomic mass is 10.3. The molecule has 0 saturated heterocycles. The van der Waals surface area contributed by atoms with Gasteiger partial charge in [-0.1, -0.05) is 0 Å². The maximum Gasteiger partial charge on any atom is 0.242 e. The highest BCUT2D eigenvalue weighted by atomic mass is 32.2. The summed E-state index contributed by atoms with van der Waals surface area (Å²) >= 11 is 0. The van der Waals surface area contributed by atoms with Crippen molar-refractivity contribution in [3.63, 3.8) is 0 Å². The number of rotatable bonds is 5.